The summed E-state index contributed by atoms with van der Waals surface area (Å²) < 4.78 is 26.0. The van der Waals surface area contributed by atoms with Crippen LogP contribution in [0.25, 0.3) is 5.57 Å². The molecule has 3 nitrogen and oxygen atoms in total. The van der Waals surface area contributed by atoms with Crippen LogP contribution in [0.15, 0.2) is 29.2 Å². The fourth-order valence-corrected chi connectivity index (χ4v) is 4.42. The molecule has 0 aromatic heterocycles. The van der Waals surface area contributed by atoms with E-state index in [9.17, 15) is 8.42 Å². The molecule has 1 aromatic rings. The van der Waals surface area contributed by atoms with Gasteiger partial charge in [0.15, 0.2) is 0 Å². The first-order valence-electron chi connectivity index (χ1n) is 6.58. The second-order valence-electron chi connectivity index (χ2n) is 5.02. The van der Waals surface area contributed by atoms with Gasteiger partial charge in [-0.1, -0.05) is 23.7 Å². The lowest BCUT2D eigenvalue weighted by atomic mass is 10.1. The zero-order chi connectivity index (χ0) is 13.5. The van der Waals surface area contributed by atoms with Crippen molar-refractivity contribution in [1.82, 2.24) is 4.31 Å². The lowest BCUT2D eigenvalue weighted by Gasteiger charge is -2.29. The maximum absolute atomic E-state index is 12.3. The minimum absolute atomic E-state index is 0.305. The Morgan fingerprint density at radius 1 is 1.16 bits per heavy atom. The van der Waals surface area contributed by atoms with Crippen molar-refractivity contribution < 1.29 is 8.42 Å². The van der Waals surface area contributed by atoms with E-state index < -0.39 is 10.0 Å². The quantitative estimate of drug-likeness (QED) is 0.858. The van der Waals surface area contributed by atoms with Crippen LogP contribution in [-0.4, -0.2) is 25.8 Å². The monoisotopic (exact) mass is 297 g/mol. The molecule has 0 amide bonds. The van der Waals surface area contributed by atoms with Gasteiger partial charge in [0, 0.05) is 18.1 Å². The Morgan fingerprint density at radius 2 is 1.95 bits per heavy atom. The highest BCUT2D eigenvalue weighted by molar-refractivity contribution is 7.89. The van der Waals surface area contributed by atoms with Gasteiger partial charge in [-0.25, -0.2) is 8.42 Å². The van der Waals surface area contributed by atoms with Crippen LogP contribution >= 0.6 is 11.6 Å². The molecule has 0 N–H and O–H groups in total. The van der Waals surface area contributed by atoms with Crippen LogP contribution < -0.4 is 0 Å². The summed E-state index contributed by atoms with van der Waals surface area (Å²) in [4.78, 5) is 0.305. The highest BCUT2D eigenvalue weighted by Crippen LogP contribution is 2.34. The maximum atomic E-state index is 12.3. The summed E-state index contributed by atoms with van der Waals surface area (Å²) in [6, 6.07) is 5.10. The summed E-state index contributed by atoms with van der Waals surface area (Å²) in [6.07, 6.45) is 6.39. The topological polar surface area (TPSA) is 37.4 Å². The molecule has 0 saturated carbocycles. The summed E-state index contributed by atoms with van der Waals surface area (Å²) in [5.41, 5.74) is 2.21. The van der Waals surface area contributed by atoms with Gasteiger partial charge in [0.2, 0.25) is 10.0 Å². The van der Waals surface area contributed by atoms with Crippen LogP contribution in [0, 0.1) is 0 Å². The van der Waals surface area contributed by atoms with Gasteiger partial charge >= 0.3 is 0 Å². The van der Waals surface area contributed by atoms with E-state index in [0.29, 0.717) is 23.0 Å². The number of hydrogen-bond donors (Lipinski definition) is 0. The number of halogens is 1. The number of benzene rings is 1. The van der Waals surface area contributed by atoms with Crippen molar-refractivity contribution in [2.75, 3.05) is 13.1 Å². The molecular formula is C14H16ClNO2S. The fourth-order valence-electron chi connectivity index (χ4n) is 2.51. The van der Waals surface area contributed by atoms with E-state index in [1.807, 2.05) is 6.07 Å². The van der Waals surface area contributed by atoms with Gasteiger partial charge < -0.3 is 0 Å². The van der Waals surface area contributed by atoms with Gasteiger partial charge in [0.05, 0.1) is 4.90 Å². The number of sulfonamides is 1. The Balaban J connectivity index is 1.95. The van der Waals surface area contributed by atoms with Gasteiger partial charge in [-0.05, 0) is 49.0 Å². The molecule has 1 aliphatic heterocycles. The molecule has 1 aliphatic carbocycles. The Morgan fingerprint density at radius 3 is 2.47 bits per heavy atom. The molecule has 102 valence electrons. The van der Waals surface area contributed by atoms with Crippen LogP contribution in [0.5, 0.6) is 0 Å². The minimum atomic E-state index is -3.34. The van der Waals surface area contributed by atoms with Crippen LogP contribution in [0.3, 0.4) is 0 Å². The van der Waals surface area contributed by atoms with E-state index in [2.05, 4.69) is 6.08 Å². The molecule has 0 spiro atoms. The molecule has 1 fully saturated rings. The smallest absolute Gasteiger partial charge is 0.207 e. The van der Waals surface area contributed by atoms with Crippen LogP contribution in [0.1, 0.15) is 31.2 Å². The third-order valence-corrected chi connectivity index (χ3v) is 5.99. The van der Waals surface area contributed by atoms with E-state index in [-0.39, 0.29) is 0 Å². The molecule has 5 heteroatoms. The first-order chi connectivity index (χ1) is 9.09. The van der Waals surface area contributed by atoms with Gasteiger partial charge in [0.25, 0.3) is 0 Å². The fraction of sp³-hybridized carbons (Fsp3) is 0.429. The molecule has 0 unspecified atom stereocenters. The van der Waals surface area contributed by atoms with E-state index >= 15 is 0 Å². The predicted octanol–water partition coefficient (Wildman–Crippen LogP) is 3.30. The average molecular weight is 298 g/mol. The van der Waals surface area contributed by atoms with Crippen LogP contribution in [-0.2, 0) is 10.0 Å². The number of rotatable bonds is 3. The van der Waals surface area contributed by atoms with Crippen LogP contribution in [0.4, 0.5) is 0 Å². The molecular weight excluding hydrogens is 282 g/mol. The van der Waals surface area contributed by atoms with Crippen LogP contribution in [0.2, 0.25) is 5.02 Å². The van der Waals surface area contributed by atoms with Crippen molar-refractivity contribution >= 4 is 27.2 Å². The van der Waals surface area contributed by atoms with E-state index in [1.54, 1.807) is 12.1 Å². The van der Waals surface area contributed by atoms with Crippen molar-refractivity contribution in [3.63, 3.8) is 0 Å². The first kappa shape index (κ1) is 13.2. The summed E-state index contributed by atoms with van der Waals surface area (Å²) in [5, 5.41) is 0.537. The lowest BCUT2D eigenvalue weighted by molar-refractivity contribution is 0.309. The van der Waals surface area contributed by atoms with E-state index in [1.165, 1.54) is 9.88 Å². The predicted molar refractivity (Wildman–Crippen MR) is 76.7 cm³/mol. The summed E-state index contributed by atoms with van der Waals surface area (Å²) >= 11 is 6.26. The average Bonchev–Trinajstić information content (AvgIpc) is 2.79. The van der Waals surface area contributed by atoms with Crippen molar-refractivity contribution in [1.29, 1.82) is 0 Å². The van der Waals surface area contributed by atoms with Gasteiger partial charge in [-0.15, -0.1) is 0 Å². The third-order valence-electron chi connectivity index (χ3n) is 3.78. The summed E-state index contributed by atoms with van der Waals surface area (Å²) in [7, 11) is -3.34. The normalized spacial score (nSPS) is 20.2. The molecule has 0 radical (unpaired) electrons. The Labute approximate surface area is 118 Å². The Hall–Kier alpha value is -0.840. The van der Waals surface area contributed by atoms with Crippen molar-refractivity contribution in [3.05, 3.63) is 34.9 Å². The minimum Gasteiger partial charge on any atom is -0.207 e. The maximum Gasteiger partial charge on any atom is 0.243 e. The third kappa shape index (κ3) is 2.33. The highest BCUT2D eigenvalue weighted by atomic mass is 35.5. The van der Waals surface area contributed by atoms with Gasteiger partial charge in [-0.2, -0.15) is 4.31 Å². The lowest BCUT2D eigenvalue weighted by Crippen LogP contribution is -2.41. The second-order valence-corrected chi connectivity index (χ2v) is 7.37. The molecule has 2 aliphatic rings. The number of allylic oxidation sites excluding steroid dienone is 2. The van der Waals surface area contributed by atoms with Crippen molar-refractivity contribution in [3.8, 4) is 0 Å². The van der Waals surface area contributed by atoms with E-state index in [4.69, 9.17) is 11.6 Å². The summed E-state index contributed by atoms with van der Waals surface area (Å²) in [5.74, 6) is 0. The SMILES string of the molecule is O=S(=O)(c1ccc(C2=CCCC2)c(Cl)c1)N1CCC1. The largest absolute Gasteiger partial charge is 0.243 e. The highest BCUT2D eigenvalue weighted by Gasteiger charge is 2.29. The Kier molecular flexibility index (Phi) is 3.41. The molecule has 0 atom stereocenters. The number of nitrogens with zero attached hydrogens (tertiary/aromatic N) is 1. The summed E-state index contributed by atoms with van der Waals surface area (Å²) in [6.45, 7) is 1.24. The van der Waals surface area contributed by atoms with Crippen molar-refractivity contribution in [2.45, 2.75) is 30.6 Å². The van der Waals surface area contributed by atoms with Gasteiger partial charge in [-0.3, -0.25) is 0 Å². The molecule has 3 rings (SSSR count). The first-order valence-corrected chi connectivity index (χ1v) is 8.40. The Bertz CT molecular complexity index is 633. The zero-order valence-corrected chi connectivity index (χ0v) is 12.2. The zero-order valence-electron chi connectivity index (χ0n) is 10.6. The molecule has 1 heterocycles. The molecule has 0 bridgehead atoms. The standard InChI is InChI=1S/C14H16ClNO2S/c15-14-10-12(19(17,18)16-8-3-9-16)6-7-13(14)11-4-1-2-5-11/h4,6-7,10H,1-3,5,8-9H2. The second kappa shape index (κ2) is 4.93. The van der Waals surface area contributed by atoms with Crippen molar-refractivity contribution in [2.24, 2.45) is 0 Å². The van der Waals surface area contributed by atoms with E-state index in [0.717, 1.165) is 31.2 Å². The van der Waals surface area contributed by atoms with Gasteiger partial charge in [0.1, 0.15) is 0 Å². The number of hydrogen-bond acceptors (Lipinski definition) is 2. The molecule has 19 heavy (non-hydrogen) atoms. The molecule has 1 aromatic carbocycles. The molecule has 1 saturated heterocycles.